The van der Waals surface area contributed by atoms with Gasteiger partial charge in [0.05, 0.1) is 13.7 Å². The first-order chi connectivity index (χ1) is 15.0. The lowest BCUT2D eigenvalue weighted by Gasteiger charge is -2.23. The Morgan fingerprint density at radius 2 is 1.68 bits per heavy atom. The fraction of sp³-hybridized carbons (Fsp3) is 0.167. The summed E-state index contributed by atoms with van der Waals surface area (Å²) in [7, 11) is 1.62. The maximum Gasteiger partial charge on any atom is 0.302 e. The number of ether oxygens (including phenoxy) is 2. The molecule has 0 atom stereocenters. The molecule has 0 aliphatic rings. The average molecular weight is 418 g/mol. The van der Waals surface area contributed by atoms with Crippen molar-refractivity contribution >= 4 is 11.8 Å². The van der Waals surface area contributed by atoms with Crippen LogP contribution >= 0.6 is 0 Å². The van der Waals surface area contributed by atoms with Gasteiger partial charge in [0.1, 0.15) is 12.4 Å². The fourth-order valence-electron chi connectivity index (χ4n) is 3.29. The molecule has 7 heteroatoms. The van der Waals surface area contributed by atoms with Gasteiger partial charge in [0.15, 0.2) is 5.84 Å². The monoisotopic (exact) mass is 418 g/mol. The van der Waals surface area contributed by atoms with Crippen LogP contribution < -0.4 is 16.4 Å². The molecule has 0 unspecified atom stereocenters. The fourth-order valence-corrected chi connectivity index (χ4v) is 3.29. The predicted molar refractivity (Wildman–Crippen MR) is 121 cm³/mol. The molecule has 4 N–H and O–H groups in total. The standard InChI is InChI=1S/C24H26N4O3/c1-17(29)31-16-18-11-13-19(14-12-18)21-8-4-5-9-22(21)24(27-25)28(26)15-20-7-3-6-10-23(20)30-2/h3-14H,15-16,25-26H2,1-2H3/b27-24-. The molecule has 0 aliphatic heterocycles. The van der Waals surface area contributed by atoms with Crippen molar-refractivity contribution in [3.05, 3.63) is 89.5 Å². The van der Waals surface area contributed by atoms with Gasteiger partial charge in [-0.25, -0.2) is 5.84 Å². The lowest BCUT2D eigenvalue weighted by atomic mass is 9.97. The first-order valence-corrected chi connectivity index (χ1v) is 9.77. The van der Waals surface area contributed by atoms with Gasteiger partial charge in [-0.1, -0.05) is 66.7 Å². The number of esters is 1. The van der Waals surface area contributed by atoms with Gasteiger partial charge in [0.25, 0.3) is 0 Å². The highest BCUT2D eigenvalue weighted by Crippen LogP contribution is 2.26. The molecule has 3 aromatic carbocycles. The normalized spacial score (nSPS) is 11.1. The van der Waals surface area contributed by atoms with Crippen LogP contribution in [-0.2, 0) is 22.7 Å². The minimum absolute atomic E-state index is 0.238. The molecule has 0 aromatic heterocycles. The van der Waals surface area contributed by atoms with E-state index in [-0.39, 0.29) is 12.6 Å². The molecule has 7 nitrogen and oxygen atoms in total. The van der Waals surface area contributed by atoms with Crippen molar-refractivity contribution in [1.82, 2.24) is 5.01 Å². The Kier molecular flexibility index (Phi) is 7.24. The van der Waals surface area contributed by atoms with E-state index in [1.807, 2.05) is 72.8 Å². The van der Waals surface area contributed by atoms with E-state index in [1.54, 1.807) is 7.11 Å². The summed E-state index contributed by atoms with van der Waals surface area (Å²) < 4.78 is 10.5. The summed E-state index contributed by atoms with van der Waals surface area (Å²) in [5.41, 5.74) is 4.52. The Balaban J connectivity index is 1.88. The molecule has 31 heavy (non-hydrogen) atoms. The second-order valence-electron chi connectivity index (χ2n) is 6.92. The number of hydrazone groups is 1. The number of methoxy groups -OCH3 is 1. The number of hydrazine groups is 1. The van der Waals surface area contributed by atoms with Gasteiger partial charge in [0, 0.05) is 18.1 Å². The minimum atomic E-state index is -0.309. The second kappa shape index (κ2) is 10.3. The van der Waals surface area contributed by atoms with E-state index in [9.17, 15) is 4.79 Å². The SMILES string of the molecule is COc1ccccc1CN(N)/C(=N\N)c1ccccc1-c1ccc(COC(C)=O)cc1. The van der Waals surface area contributed by atoms with Gasteiger partial charge in [-0.05, 0) is 22.8 Å². The van der Waals surface area contributed by atoms with Gasteiger partial charge in [0.2, 0.25) is 0 Å². The number of hydrogen-bond donors (Lipinski definition) is 2. The Labute approximate surface area is 181 Å². The van der Waals surface area contributed by atoms with Crippen LogP contribution in [0.15, 0.2) is 77.9 Å². The van der Waals surface area contributed by atoms with Crippen LogP contribution in [0.3, 0.4) is 0 Å². The molecule has 3 rings (SSSR count). The van der Waals surface area contributed by atoms with Crippen molar-refractivity contribution in [3.63, 3.8) is 0 Å². The van der Waals surface area contributed by atoms with Crippen molar-refractivity contribution in [1.29, 1.82) is 0 Å². The van der Waals surface area contributed by atoms with Crippen molar-refractivity contribution in [3.8, 4) is 16.9 Å². The maximum atomic E-state index is 11.0. The third kappa shape index (κ3) is 5.40. The highest BCUT2D eigenvalue weighted by atomic mass is 16.5. The van der Waals surface area contributed by atoms with Crippen LogP contribution in [0.4, 0.5) is 0 Å². The van der Waals surface area contributed by atoms with Gasteiger partial charge in [-0.2, -0.15) is 5.10 Å². The summed E-state index contributed by atoms with van der Waals surface area (Å²) in [6.45, 7) is 2.00. The van der Waals surface area contributed by atoms with Gasteiger partial charge in [-0.15, -0.1) is 0 Å². The van der Waals surface area contributed by atoms with E-state index < -0.39 is 0 Å². The number of carbonyl (C=O) groups is 1. The van der Waals surface area contributed by atoms with Crippen LogP contribution in [0.5, 0.6) is 5.75 Å². The summed E-state index contributed by atoms with van der Waals surface area (Å²) in [4.78, 5) is 11.0. The molecule has 0 radical (unpaired) electrons. The third-order valence-electron chi connectivity index (χ3n) is 4.80. The zero-order valence-corrected chi connectivity index (χ0v) is 17.6. The predicted octanol–water partition coefficient (Wildman–Crippen LogP) is 3.42. The third-order valence-corrected chi connectivity index (χ3v) is 4.80. The summed E-state index contributed by atoms with van der Waals surface area (Å²) in [5, 5.41) is 5.49. The Bertz CT molecular complexity index is 1060. The molecule has 0 aliphatic carbocycles. The van der Waals surface area contributed by atoms with Crippen LogP contribution in [0.1, 0.15) is 23.6 Å². The lowest BCUT2D eigenvalue weighted by Crippen LogP contribution is -2.38. The molecule has 0 saturated carbocycles. The smallest absolute Gasteiger partial charge is 0.302 e. The highest BCUT2D eigenvalue weighted by molar-refractivity contribution is 6.04. The number of benzene rings is 3. The van der Waals surface area contributed by atoms with Crippen LogP contribution in [0.25, 0.3) is 11.1 Å². The van der Waals surface area contributed by atoms with Crippen molar-refractivity contribution in [2.45, 2.75) is 20.1 Å². The molecule has 160 valence electrons. The number of nitrogens with two attached hydrogens (primary N) is 2. The zero-order valence-electron chi connectivity index (χ0n) is 17.6. The van der Waals surface area contributed by atoms with E-state index in [1.165, 1.54) is 11.9 Å². The minimum Gasteiger partial charge on any atom is -0.496 e. The number of nitrogens with zero attached hydrogens (tertiary/aromatic N) is 2. The van der Waals surface area contributed by atoms with Crippen LogP contribution in [0, 0.1) is 0 Å². The Hall–Kier alpha value is -3.84. The second-order valence-corrected chi connectivity index (χ2v) is 6.92. The Morgan fingerprint density at radius 1 is 1.00 bits per heavy atom. The van der Waals surface area contributed by atoms with E-state index in [0.717, 1.165) is 33.6 Å². The van der Waals surface area contributed by atoms with E-state index >= 15 is 0 Å². The van der Waals surface area contributed by atoms with Gasteiger partial charge in [-0.3, -0.25) is 9.80 Å². The van der Waals surface area contributed by atoms with Crippen molar-refractivity contribution in [2.24, 2.45) is 16.8 Å². The van der Waals surface area contributed by atoms with Gasteiger partial charge >= 0.3 is 5.97 Å². The number of hydrogen-bond acceptors (Lipinski definition) is 6. The summed E-state index contributed by atoms with van der Waals surface area (Å²) in [6, 6.07) is 23.2. The first kappa shape index (κ1) is 21.9. The molecule has 0 amide bonds. The van der Waals surface area contributed by atoms with Gasteiger partial charge < -0.3 is 15.3 Å². The summed E-state index contributed by atoms with van der Waals surface area (Å²) in [6.07, 6.45) is 0. The zero-order chi connectivity index (χ0) is 22.2. The Morgan fingerprint density at radius 3 is 2.35 bits per heavy atom. The number of para-hydroxylation sites is 1. The quantitative estimate of drug-likeness (QED) is 0.200. The molecule has 0 heterocycles. The molecule has 0 bridgehead atoms. The topological polar surface area (TPSA) is 103 Å². The summed E-state index contributed by atoms with van der Waals surface area (Å²) in [5.74, 6) is 13.0. The number of carbonyl (C=O) groups excluding carboxylic acids is 1. The molecular weight excluding hydrogens is 392 g/mol. The molecular formula is C24H26N4O3. The van der Waals surface area contributed by atoms with E-state index in [4.69, 9.17) is 21.2 Å². The van der Waals surface area contributed by atoms with Crippen LogP contribution in [0.2, 0.25) is 0 Å². The largest absolute Gasteiger partial charge is 0.496 e. The molecule has 0 fully saturated rings. The summed E-state index contributed by atoms with van der Waals surface area (Å²) >= 11 is 0. The first-order valence-electron chi connectivity index (χ1n) is 9.77. The number of amidine groups is 1. The molecule has 3 aromatic rings. The number of rotatable bonds is 7. The average Bonchev–Trinajstić information content (AvgIpc) is 2.79. The van der Waals surface area contributed by atoms with Crippen molar-refractivity contribution < 1.29 is 14.3 Å². The maximum absolute atomic E-state index is 11.0. The molecule has 0 saturated heterocycles. The van der Waals surface area contributed by atoms with Crippen LogP contribution in [-0.4, -0.2) is 23.9 Å². The lowest BCUT2D eigenvalue weighted by molar-refractivity contribution is -0.142. The van der Waals surface area contributed by atoms with E-state index in [2.05, 4.69) is 5.10 Å². The van der Waals surface area contributed by atoms with Crippen molar-refractivity contribution in [2.75, 3.05) is 7.11 Å². The molecule has 0 spiro atoms. The highest BCUT2D eigenvalue weighted by Gasteiger charge is 2.17. The van der Waals surface area contributed by atoms with E-state index in [0.29, 0.717) is 12.4 Å².